The summed E-state index contributed by atoms with van der Waals surface area (Å²) < 4.78 is 5.04. The molecule has 0 bridgehead atoms. The fourth-order valence-electron chi connectivity index (χ4n) is 3.81. The molecular weight excluding hydrogens is 392 g/mol. The molecule has 0 atom stereocenters. The molecule has 1 fully saturated rings. The topological polar surface area (TPSA) is 98.1 Å². The summed E-state index contributed by atoms with van der Waals surface area (Å²) in [7, 11) is 0. The average molecular weight is 416 g/mol. The molecule has 0 unspecified atom stereocenters. The second kappa shape index (κ2) is 9.41. The van der Waals surface area contributed by atoms with Crippen LogP contribution in [0.5, 0.6) is 0 Å². The summed E-state index contributed by atoms with van der Waals surface area (Å²) in [5, 5.41) is 20.2. The number of hydrogen-bond acceptors (Lipinski definition) is 7. The molecule has 3 aromatic rings. The number of nitrogens with one attached hydrogen (secondary N) is 1. The minimum absolute atomic E-state index is 0.119. The van der Waals surface area contributed by atoms with Crippen LogP contribution >= 0.6 is 0 Å². The van der Waals surface area contributed by atoms with Crippen LogP contribution in [0.3, 0.4) is 0 Å². The number of piperazine rings is 1. The predicted octanol–water partition coefficient (Wildman–Crippen LogP) is 2.84. The molecule has 0 saturated carbocycles. The molecule has 1 saturated heterocycles. The highest BCUT2D eigenvalue weighted by Crippen LogP contribution is 2.28. The highest BCUT2D eigenvalue weighted by atomic mass is 16.5. The normalized spacial score (nSPS) is 14.3. The molecule has 1 N–H and O–H groups in total. The summed E-state index contributed by atoms with van der Waals surface area (Å²) in [5.41, 5.74) is 3.91. The van der Waals surface area contributed by atoms with Crippen molar-refractivity contribution in [2.45, 2.75) is 13.5 Å². The third-order valence-corrected chi connectivity index (χ3v) is 5.37. The van der Waals surface area contributed by atoms with E-state index in [0.717, 1.165) is 38.4 Å². The van der Waals surface area contributed by atoms with Crippen LogP contribution in [0.4, 0.5) is 5.69 Å². The third kappa shape index (κ3) is 4.57. The zero-order valence-electron chi connectivity index (χ0n) is 17.4. The summed E-state index contributed by atoms with van der Waals surface area (Å²) in [6.45, 7) is 6.47. The molecule has 1 aliphatic heterocycles. The van der Waals surface area contributed by atoms with E-state index in [1.54, 1.807) is 13.0 Å². The fourth-order valence-corrected chi connectivity index (χ4v) is 3.81. The van der Waals surface area contributed by atoms with Gasteiger partial charge in [0.15, 0.2) is 5.69 Å². The molecular formula is C23H24N6O2. The van der Waals surface area contributed by atoms with E-state index in [1.807, 2.05) is 18.2 Å². The van der Waals surface area contributed by atoms with Crippen LogP contribution in [-0.4, -0.2) is 59.1 Å². The number of aromatic nitrogens is 3. The monoisotopic (exact) mass is 416 g/mol. The Balaban J connectivity index is 1.48. The number of nitrogens with zero attached hydrogens (tertiary/aromatic N) is 5. The molecule has 0 amide bonds. The molecule has 8 nitrogen and oxygen atoms in total. The third-order valence-electron chi connectivity index (χ3n) is 5.37. The van der Waals surface area contributed by atoms with Gasteiger partial charge in [0.2, 0.25) is 0 Å². The van der Waals surface area contributed by atoms with Crippen molar-refractivity contribution in [3.05, 3.63) is 65.4 Å². The van der Waals surface area contributed by atoms with E-state index in [0.29, 0.717) is 16.8 Å². The quantitative estimate of drug-likeness (QED) is 0.617. The van der Waals surface area contributed by atoms with Crippen LogP contribution in [0.15, 0.2) is 48.5 Å². The number of anilines is 1. The SMILES string of the molecule is CCOC(=O)c1n[nH]nc1-c1ccc(N2CCN(Cc3ccccc3)CC2)c(C#N)c1. The van der Waals surface area contributed by atoms with Crippen LogP contribution in [0, 0.1) is 11.3 Å². The molecule has 2 heterocycles. The lowest BCUT2D eigenvalue weighted by Gasteiger charge is -2.36. The summed E-state index contributed by atoms with van der Waals surface area (Å²) in [4.78, 5) is 16.8. The molecule has 8 heteroatoms. The van der Waals surface area contributed by atoms with Gasteiger partial charge in [-0.1, -0.05) is 36.4 Å². The van der Waals surface area contributed by atoms with Gasteiger partial charge in [0.25, 0.3) is 0 Å². The maximum absolute atomic E-state index is 12.1. The molecule has 2 aromatic carbocycles. The lowest BCUT2D eigenvalue weighted by atomic mass is 10.0. The van der Waals surface area contributed by atoms with E-state index in [-0.39, 0.29) is 12.3 Å². The van der Waals surface area contributed by atoms with Gasteiger partial charge < -0.3 is 9.64 Å². The summed E-state index contributed by atoms with van der Waals surface area (Å²) >= 11 is 0. The Bertz CT molecular complexity index is 1080. The van der Waals surface area contributed by atoms with Crippen molar-refractivity contribution in [1.29, 1.82) is 5.26 Å². The zero-order valence-corrected chi connectivity index (χ0v) is 17.4. The van der Waals surface area contributed by atoms with Gasteiger partial charge in [-0.3, -0.25) is 4.90 Å². The van der Waals surface area contributed by atoms with Gasteiger partial charge in [-0.2, -0.15) is 15.6 Å². The number of aromatic amines is 1. The van der Waals surface area contributed by atoms with E-state index < -0.39 is 5.97 Å². The van der Waals surface area contributed by atoms with E-state index in [1.165, 1.54) is 5.56 Å². The van der Waals surface area contributed by atoms with Crippen molar-refractivity contribution in [3.8, 4) is 17.3 Å². The minimum Gasteiger partial charge on any atom is -0.461 e. The van der Waals surface area contributed by atoms with Crippen molar-refractivity contribution in [2.75, 3.05) is 37.7 Å². The maximum atomic E-state index is 12.1. The average Bonchev–Trinajstić information content (AvgIpc) is 3.30. The van der Waals surface area contributed by atoms with Gasteiger partial charge in [-0.25, -0.2) is 4.79 Å². The number of nitriles is 1. The van der Waals surface area contributed by atoms with Crippen molar-refractivity contribution in [2.24, 2.45) is 0 Å². The second-order valence-electron chi connectivity index (χ2n) is 7.33. The number of esters is 1. The van der Waals surface area contributed by atoms with E-state index in [9.17, 15) is 10.1 Å². The fraction of sp³-hybridized carbons (Fsp3) is 0.304. The molecule has 31 heavy (non-hydrogen) atoms. The molecule has 1 aliphatic rings. The van der Waals surface area contributed by atoms with Gasteiger partial charge in [0.05, 0.1) is 17.9 Å². The summed E-state index contributed by atoms with van der Waals surface area (Å²) in [6.07, 6.45) is 0. The molecule has 0 spiro atoms. The standard InChI is InChI=1S/C23H24N6O2/c1-2-31-23(30)22-21(25-27-26-22)18-8-9-20(19(14-18)15-24)29-12-10-28(11-13-29)16-17-6-4-3-5-7-17/h3-9,14H,2,10-13,16H2,1H3,(H,25,26,27). The van der Waals surface area contributed by atoms with Crippen LogP contribution in [0.25, 0.3) is 11.3 Å². The minimum atomic E-state index is -0.539. The Morgan fingerprint density at radius 2 is 1.90 bits per heavy atom. The number of hydrogen-bond donors (Lipinski definition) is 1. The maximum Gasteiger partial charge on any atom is 0.361 e. The van der Waals surface area contributed by atoms with Gasteiger partial charge in [-0.05, 0) is 24.6 Å². The van der Waals surface area contributed by atoms with Crippen molar-refractivity contribution >= 4 is 11.7 Å². The molecule has 0 radical (unpaired) electrons. The van der Waals surface area contributed by atoms with E-state index >= 15 is 0 Å². The molecule has 158 valence electrons. The van der Waals surface area contributed by atoms with Crippen LogP contribution in [-0.2, 0) is 11.3 Å². The van der Waals surface area contributed by atoms with Crippen molar-refractivity contribution in [1.82, 2.24) is 20.3 Å². The molecule has 0 aliphatic carbocycles. The van der Waals surface area contributed by atoms with Crippen molar-refractivity contribution in [3.63, 3.8) is 0 Å². The van der Waals surface area contributed by atoms with Gasteiger partial charge in [0.1, 0.15) is 11.8 Å². The van der Waals surface area contributed by atoms with Gasteiger partial charge >= 0.3 is 5.97 Å². The summed E-state index contributed by atoms with van der Waals surface area (Å²) in [6, 6.07) is 18.3. The first kappa shape index (κ1) is 20.6. The largest absolute Gasteiger partial charge is 0.461 e. The Kier molecular flexibility index (Phi) is 6.24. The lowest BCUT2D eigenvalue weighted by molar-refractivity contribution is 0.0520. The van der Waals surface area contributed by atoms with Gasteiger partial charge in [-0.15, -0.1) is 5.10 Å². The Morgan fingerprint density at radius 1 is 1.13 bits per heavy atom. The first-order valence-electron chi connectivity index (χ1n) is 10.3. The Hall–Kier alpha value is -3.70. The zero-order chi connectivity index (χ0) is 21.6. The number of rotatable bonds is 6. The number of carbonyl (C=O) groups excluding carboxylic acids is 1. The van der Waals surface area contributed by atoms with E-state index in [4.69, 9.17) is 4.74 Å². The number of benzene rings is 2. The smallest absolute Gasteiger partial charge is 0.361 e. The van der Waals surface area contributed by atoms with Crippen molar-refractivity contribution < 1.29 is 9.53 Å². The number of carbonyl (C=O) groups is 1. The Labute approximate surface area is 181 Å². The number of ether oxygens (including phenoxy) is 1. The molecule has 4 rings (SSSR count). The first-order valence-corrected chi connectivity index (χ1v) is 10.3. The van der Waals surface area contributed by atoms with Crippen LogP contribution < -0.4 is 4.90 Å². The highest BCUT2D eigenvalue weighted by Gasteiger charge is 2.22. The summed E-state index contributed by atoms with van der Waals surface area (Å²) in [5.74, 6) is -0.539. The predicted molar refractivity (Wildman–Crippen MR) is 116 cm³/mol. The number of H-pyrrole nitrogens is 1. The highest BCUT2D eigenvalue weighted by molar-refractivity contribution is 5.94. The Morgan fingerprint density at radius 3 is 2.61 bits per heavy atom. The molecule has 1 aromatic heterocycles. The first-order chi connectivity index (χ1) is 15.2. The van der Waals surface area contributed by atoms with E-state index in [2.05, 4.69) is 55.5 Å². The van der Waals surface area contributed by atoms with Crippen LogP contribution in [0.2, 0.25) is 0 Å². The van der Waals surface area contributed by atoms with Gasteiger partial charge in [0, 0.05) is 38.3 Å². The second-order valence-corrected chi connectivity index (χ2v) is 7.33. The lowest BCUT2D eigenvalue weighted by Crippen LogP contribution is -2.46. The van der Waals surface area contributed by atoms with Crippen LogP contribution in [0.1, 0.15) is 28.5 Å².